The number of esters is 1. The molecule has 3 aliphatic rings. The zero-order chi connectivity index (χ0) is 16.3. The van der Waals surface area contributed by atoms with Crippen LogP contribution in [0.2, 0.25) is 0 Å². The fraction of sp³-hybridized carbons (Fsp3) is 0.438. The summed E-state index contributed by atoms with van der Waals surface area (Å²) in [4.78, 5) is 35.7. The standard InChI is InChI=1S/C16H14BrNO5/c17-12-8-5-9-11(16(22)23-13(9)12)10(8)14(19)18-7-3-1-2-6(4-7)15(20)21/h1-4,8-13H,5H2,(H,18,19)(H,20,21)/t8-,9-,10-,11+,12+,13+/m1/s1. The molecule has 1 aliphatic heterocycles. The predicted octanol–water partition coefficient (Wildman–Crippen LogP) is 1.89. The van der Waals surface area contributed by atoms with Gasteiger partial charge in [0.15, 0.2) is 0 Å². The SMILES string of the molecule is O=C(O)c1cccc(NC(=O)[C@@H]2[C@H]3C[C@H]4[C@H](OC(=O)[C@@H]42)[C@H]3Br)c1. The number of alkyl halides is 1. The number of rotatable bonds is 3. The molecule has 2 aliphatic carbocycles. The van der Waals surface area contributed by atoms with Crippen molar-refractivity contribution in [3.05, 3.63) is 29.8 Å². The second kappa shape index (κ2) is 5.06. The highest BCUT2D eigenvalue weighted by Gasteiger charge is 2.67. The van der Waals surface area contributed by atoms with Gasteiger partial charge in [-0.15, -0.1) is 0 Å². The van der Waals surface area contributed by atoms with E-state index in [9.17, 15) is 14.4 Å². The second-order valence-electron chi connectivity index (χ2n) is 6.34. The molecule has 6 atom stereocenters. The van der Waals surface area contributed by atoms with Crippen molar-refractivity contribution in [3.8, 4) is 0 Å². The third kappa shape index (κ3) is 2.09. The summed E-state index contributed by atoms with van der Waals surface area (Å²) < 4.78 is 5.39. The van der Waals surface area contributed by atoms with Crippen LogP contribution in [0, 0.1) is 23.7 Å². The minimum atomic E-state index is -1.05. The molecule has 3 fully saturated rings. The molecule has 0 unspecified atom stereocenters. The minimum Gasteiger partial charge on any atom is -0.478 e. The van der Waals surface area contributed by atoms with Crippen molar-refractivity contribution in [2.24, 2.45) is 23.7 Å². The topological polar surface area (TPSA) is 92.7 Å². The summed E-state index contributed by atoms with van der Waals surface area (Å²) >= 11 is 3.57. The van der Waals surface area contributed by atoms with Crippen molar-refractivity contribution in [1.82, 2.24) is 0 Å². The second-order valence-corrected chi connectivity index (χ2v) is 7.39. The number of carbonyl (C=O) groups is 3. The van der Waals surface area contributed by atoms with Gasteiger partial charge in [0.2, 0.25) is 5.91 Å². The zero-order valence-electron chi connectivity index (χ0n) is 11.9. The zero-order valence-corrected chi connectivity index (χ0v) is 13.5. The van der Waals surface area contributed by atoms with Crippen LogP contribution in [0.3, 0.4) is 0 Å². The van der Waals surface area contributed by atoms with E-state index in [1.165, 1.54) is 12.1 Å². The monoisotopic (exact) mass is 379 g/mol. The molecule has 1 heterocycles. The highest BCUT2D eigenvalue weighted by Crippen LogP contribution is 2.60. The normalized spacial score (nSPS) is 36.8. The van der Waals surface area contributed by atoms with E-state index in [0.717, 1.165) is 6.42 Å². The third-order valence-electron chi connectivity index (χ3n) is 5.20. The van der Waals surface area contributed by atoms with E-state index in [4.69, 9.17) is 9.84 Å². The summed E-state index contributed by atoms with van der Waals surface area (Å²) in [6.07, 6.45) is 0.696. The van der Waals surface area contributed by atoms with Crippen LogP contribution in [-0.4, -0.2) is 33.9 Å². The molecule has 4 rings (SSSR count). The molecule has 23 heavy (non-hydrogen) atoms. The number of amides is 1. The summed E-state index contributed by atoms with van der Waals surface area (Å²) in [5.41, 5.74) is 0.529. The van der Waals surface area contributed by atoms with Crippen LogP contribution in [0.5, 0.6) is 0 Å². The summed E-state index contributed by atoms with van der Waals surface area (Å²) in [5, 5.41) is 11.8. The van der Waals surface area contributed by atoms with Crippen molar-refractivity contribution in [1.29, 1.82) is 0 Å². The maximum Gasteiger partial charge on any atom is 0.335 e. The Labute approximate surface area is 140 Å². The van der Waals surface area contributed by atoms with Gasteiger partial charge in [0, 0.05) is 11.6 Å². The quantitative estimate of drug-likeness (QED) is 0.617. The Hall–Kier alpha value is -1.89. The lowest BCUT2D eigenvalue weighted by Crippen LogP contribution is -2.40. The van der Waals surface area contributed by atoms with Crippen molar-refractivity contribution >= 4 is 39.5 Å². The van der Waals surface area contributed by atoms with E-state index in [1.807, 2.05) is 0 Å². The third-order valence-corrected chi connectivity index (χ3v) is 6.40. The maximum atomic E-state index is 12.7. The highest BCUT2D eigenvalue weighted by molar-refractivity contribution is 9.09. The van der Waals surface area contributed by atoms with Gasteiger partial charge in [-0.05, 0) is 30.5 Å². The molecular weight excluding hydrogens is 366 g/mol. The van der Waals surface area contributed by atoms with Crippen LogP contribution in [-0.2, 0) is 14.3 Å². The number of aromatic carboxylic acids is 1. The molecule has 0 spiro atoms. The van der Waals surface area contributed by atoms with E-state index in [2.05, 4.69) is 21.2 Å². The molecule has 1 aromatic rings. The Kier molecular flexibility index (Phi) is 3.23. The number of benzene rings is 1. The number of nitrogens with one attached hydrogen (secondary N) is 1. The number of carbonyl (C=O) groups excluding carboxylic acids is 2. The lowest BCUT2D eigenvalue weighted by molar-refractivity contribution is -0.145. The van der Waals surface area contributed by atoms with Gasteiger partial charge in [0.05, 0.1) is 22.2 Å². The van der Waals surface area contributed by atoms with Crippen LogP contribution >= 0.6 is 15.9 Å². The first-order valence-corrected chi connectivity index (χ1v) is 8.37. The minimum absolute atomic E-state index is 0.0105. The Morgan fingerprint density at radius 1 is 1.30 bits per heavy atom. The fourth-order valence-corrected chi connectivity index (χ4v) is 5.33. The van der Waals surface area contributed by atoms with Gasteiger partial charge in [-0.2, -0.15) is 0 Å². The highest BCUT2D eigenvalue weighted by atomic mass is 79.9. The number of carboxylic acids is 1. The van der Waals surface area contributed by atoms with Gasteiger partial charge in [-0.3, -0.25) is 9.59 Å². The fourth-order valence-electron chi connectivity index (χ4n) is 4.29. The van der Waals surface area contributed by atoms with E-state index < -0.39 is 11.9 Å². The van der Waals surface area contributed by atoms with Gasteiger partial charge in [-0.1, -0.05) is 22.0 Å². The van der Waals surface area contributed by atoms with Crippen LogP contribution in [0.1, 0.15) is 16.8 Å². The number of hydrogen-bond donors (Lipinski definition) is 2. The summed E-state index contributed by atoms with van der Waals surface area (Å²) in [6.45, 7) is 0. The van der Waals surface area contributed by atoms with Crippen molar-refractivity contribution < 1.29 is 24.2 Å². The Bertz CT molecular complexity index is 720. The Morgan fingerprint density at radius 2 is 2.09 bits per heavy atom. The number of fused-ring (bicyclic) bond motifs is 1. The first-order valence-electron chi connectivity index (χ1n) is 7.46. The maximum absolute atomic E-state index is 12.7. The molecule has 120 valence electrons. The van der Waals surface area contributed by atoms with Crippen LogP contribution in [0.4, 0.5) is 5.69 Å². The van der Waals surface area contributed by atoms with Crippen molar-refractivity contribution in [3.63, 3.8) is 0 Å². The average molecular weight is 380 g/mol. The van der Waals surface area contributed by atoms with Gasteiger partial charge in [-0.25, -0.2) is 4.79 Å². The van der Waals surface area contributed by atoms with Crippen LogP contribution < -0.4 is 5.32 Å². The summed E-state index contributed by atoms with van der Waals surface area (Å²) in [5.74, 6) is -2.20. The molecule has 0 aromatic heterocycles. The van der Waals surface area contributed by atoms with Gasteiger partial charge in [0.1, 0.15) is 6.10 Å². The predicted molar refractivity (Wildman–Crippen MR) is 83.2 cm³/mol. The number of halogens is 1. The largest absolute Gasteiger partial charge is 0.478 e. The number of carboxylic acid groups (broad SMARTS) is 1. The van der Waals surface area contributed by atoms with Crippen molar-refractivity contribution in [2.75, 3.05) is 5.32 Å². The molecule has 7 heteroatoms. The first-order chi connectivity index (χ1) is 11.0. The Morgan fingerprint density at radius 3 is 2.83 bits per heavy atom. The molecular formula is C16H14BrNO5. The van der Waals surface area contributed by atoms with Gasteiger partial charge in [0.25, 0.3) is 0 Å². The number of hydrogen-bond acceptors (Lipinski definition) is 4. The molecule has 2 bridgehead atoms. The average Bonchev–Trinajstić information content (AvgIpc) is 3.11. The number of anilines is 1. The van der Waals surface area contributed by atoms with Gasteiger partial charge < -0.3 is 15.2 Å². The molecule has 1 amide bonds. The van der Waals surface area contributed by atoms with Crippen molar-refractivity contribution in [2.45, 2.75) is 17.4 Å². The van der Waals surface area contributed by atoms with Gasteiger partial charge >= 0.3 is 11.9 Å². The van der Waals surface area contributed by atoms with E-state index >= 15 is 0 Å². The molecule has 2 saturated carbocycles. The van der Waals surface area contributed by atoms with E-state index in [1.54, 1.807) is 12.1 Å². The lowest BCUT2D eigenvalue weighted by atomic mass is 9.79. The molecule has 1 saturated heterocycles. The van der Waals surface area contributed by atoms with E-state index in [0.29, 0.717) is 5.69 Å². The first kappa shape index (κ1) is 14.7. The Balaban J connectivity index is 1.57. The van der Waals surface area contributed by atoms with Crippen LogP contribution in [0.25, 0.3) is 0 Å². The molecule has 1 aromatic carbocycles. The molecule has 2 N–H and O–H groups in total. The number of ether oxygens (including phenoxy) is 1. The molecule has 0 radical (unpaired) electrons. The summed E-state index contributed by atoms with van der Waals surface area (Å²) in [7, 11) is 0. The summed E-state index contributed by atoms with van der Waals surface area (Å²) in [6, 6.07) is 6.09. The lowest BCUT2D eigenvalue weighted by Gasteiger charge is -2.27. The smallest absolute Gasteiger partial charge is 0.335 e. The van der Waals surface area contributed by atoms with Crippen LogP contribution in [0.15, 0.2) is 24.3 Å². The van der Waals surface area contributed by atoms with E-state index in [-0.39, 0.29) is 46.1 Å². The molecule has 6 nitrogen and oxygen atoms in total.